The molecule has 4 rings (SSSR count). The molecular weight excluding hydrogens is 404 g/mol. The molecule has 0 spiro atoms. The molecule has 29 heavy (non-hydrogen) atoms. The fourth-order valence-electron chi connectivity index (χ4n) is 3.12. The van der Waals surface area contributed by atoms with Crippen LogP contribution in [0.15, 0.2) is 50.2 Å². The number of hydrogen-bond donors (Lipinski definition) is 0. The Kier molecular flexibility index (Phi) is 6.10. The summed E-state index contributed by atoms with van der Waals surface area (Å²) in [6, 6.07) is 9.84. The first-order valence-corrected chi connectivity index (χ1v) is 11.5. The third kappa shape index (κ3) is 4.28. The molecule has 3 heterocycles. The van der Waals surface area contributed by atoms with Crippen molar-refractivity contribution in [2.24, 2.45) is 0 Å². The third-order valence-electron chi connectivity index (χ3n) is 4.69. The topological polar surface area (TPSA) is 73.8 Å². The molecule has 8 heteroatoms. The standard InChI is InChI=1S/C21H22N4O2S2/c1-3-4-7-11-25-20(26)18-16(10-12-28-18)22-21(25)29-13-17-23-19(24-27-17)15-9-6-5-8-14(15)2/h5-6,8-10,12H,3-4,7,11,13H2,1-2H3. The number of fused-ring (bicyclic) bond motifs is 1. The van der Waals surface area contributed by atoms with Gasteiger partial charge < -0.3 is 4.52 Å². The zero-order chi connectivity index (χ0) is 20.2. The molecule has 0 saturated heterocycles. The van der Waals surface area contributed by atoms with Crippen molar-refractivity contribution in [1.29, 1.82) is 0 Å². The van der Waals surface area contributed by atoms with Gasteiger partial charge in [0, 0.05) is 12.1 Å². The van der Waals surface area contributed by atoms with Crippen LogP contribution in [-0.2, 0) is 12.3 Å². The maximum atomic E-state index is 12.9. The van der Waals surface area contributed by atoms with Crippen LogP contribution in [0.1, 0.15) is 37.6 Å². The average Bonchev–Trinajstić information content (AvgIpc) is 3.38. The van der Waals surface area contributed by atoms with Crippen LogP contribution in [0.3, 0.4) is 0 Å². The summed E-state index contributed by atoms with van der Waals surface area (Å²) < 4.78 is 7.94. The van der Waals surface area contributed by atoms with Crippen LogP contribution in [0.5, 0.6) is 0 Å². The smallest absolute Gasteiger partial charge is 0.272 e. The summed E-state index contributed by atoms with van der Waals surface area (Å²) in [6.07, 6.45) is 3.15. The number of hydrogen-bond acceptors (Lipinski definition) is 7. The lowest BCUT2D eigenvalue weighted by Gasteiger charge is -2.10. The molecule has 0 aliphatic heterocycles. The van der Waals surface area contributed by atoms with Crippen molar-refractivity contribution >= 4 is 33.3 Å². The maximum absolute atomic E-state index is 12.9. The van der Waals surface area contributed by atoms with Crippen LogP contribution < -0.4 is 5.56 Å². The highest BCUT2D eigenvalue weighted by molar-refractivity contribution is 7.98. The number of benzene rings is 1. The quantitative estimate of drug-likeness (QED) is 0.216. The number of aryl methyl sites for hydroxylation is 1. The summed E-state index contributed by atoms with van der Waals surface area (Å²) >= 11 is 2.91. The van der Waals surface area contributed by atoms with Gasteiger partial charge in [0.15, 0.2) is 5.16 Å². The molecule has 6 nitrogen and oxygen atoms in total. The van der Waals surface area contributed by atoms with E-state index in [4.69, 9.17) is 9.51 Å². The van der Waals surface area contributed by atoms with E-state index in [0.29, 0.717) is 33.9 Å². The fourth-order valence-corrected chi connectivity index (χ4v) is 4.76. The van der Waals surface area contributed by atoms with E-state index in [-0.39, 0.29) is 5.56 Å². The maximum Gasteiger partial charge on any atom is 0.272 e. The summed E-state index contributed by atoms with van der Waals surface area (Å²) in [5, 5.41) is 6.73. The predicted molar refractivity (Wildman–Crippen MR) is 117 cm³/mol. The lowest BCUT2D eigenvalue weighted by Crippen LogP contribution is -2.22. The summed E-state index contributed by atoms with van der Waals surface area (Å²) in [6.45, 7) is 4.85. The Labute approximate surface area is 177 Å². The highest BCUT2D eigenvalue weighted by atomic mass is 32.2. The Bertz CT molecular complexity index is 1180. The molecule has 0 radical (unpaired) electrons. The number of nitrogens with zero attached hydrogens (tertiary/aromatic N) is 4. The third-order valence-corrected chi connectivity index (χ3v) is 6.55. The summed E-state index contributed by atoms with van der Waals surface area (Å²) in [5.74, 6) is 1.57. The molecule has 4 aromatic rings. The van der Waals surface area contributed by atoms with Gasteiger partial charge in [-0.25, -0.2) is 4.98 Å². The van der Waals surface area contributed by atoms with Crippen molar-refractivity contribution in [2.45, 2.75) is 50.6 Å². The largest absolute Gasteiger partial charge is 0.338 e. The Balaban J connectivity index is 1.57. The second-order valence-electron chi connectivity index (χ2n) is 6.81. The normalized spacial score (nSPS) is 11.4. The van der Waals surface area contributed by atoms with Crippen LogP contribution >= 0.6 is 23.1 Å². The van der Waals surface area contributed by atoms with Crippen LogP contribution in [-0.4, -0.2) is 19.7 Å². The molecule has 0 N–H and O–H groups in total. The summed E-state index contributed by atoms with van der Waals surface area (Å²) in [7, 11) is 0. The van der Waals surface area contributed by atoms with Gasteiger partial charge in [0.1, 0.15) is 4.70 Å². The zero-order valence-corrected chi connectivity index (χ0v) is 18.1. The SMILES string of the molecule is CCCCCn1c(SCc2nc(-c3ccccc3C)no2)nc2ccsc2c1=O. The van der Waals surface area contributed by atoms with Crippen molar-refractivity contribution in [3.8, 4) is 11.4 Å². The Morgan fingerprint density at radius 3 is 2.86 bits per heavy atom. The molecule has 0 atom stereocenters. The molecule has 0 saturated carbocycles. The Morgan fingerprint density at radius 1 is 1.17 bits per heavy atom. The number of rotatable bonds is 8. The van der Waals surface area contributed by atoms with E-state index >= 15 is 0 Å². The van der Waals surface area contributed by atoms with Gasteiger partial charge in [-0.1, -0.05) is 60.9 Å². The van der Waals surface area contributed by atoms with Crippen molar-refractivity contribution in [2.75, 3.05) is 0 Å². The van der Waals surface area contributed by atoms with Gasteiger partial charge in [0.25, 0.3) is 5.56 Å². The summed E-state index contributed by atoms with van der Waals surface area (Å²) in [5.41, 5.74) is 2.85. The van der Waals surface area contributed by atoms with E-state index < -0.39 is 0 Å². The summed E-state index contributed by atoms with van der Waals surface area (Å²) in [4.78, 5) is 22.2. The zero-order valence-electron chi connectivity index (χ0n) is 16.4. The van der Waals surface area contributed by atoms with Crippen molar-refractivity contribution < 1.29 is 4.52 Å². The van der Waals surface area contributed by atoms with Crippen LogP contribution in [0.2, 0.25) is 0 Å². The number of unbranched alkanes of at least 4 members (excludes halogenated alkanes) is 2. The molecule has 0 bridgehead atoms. The first-order valence-electron chi connectivity index (χ1n) is 9.66. The van der Waals surface area contributed by atoms with E-state index in [2.05, 4.69) is 17.1 Å². The van der Waals surface area contributed by atoms with Gasteiger partial charge >= 0.3 is 0 Å². The van der Waals surface area contributed by atoms with Crippen LogP contribution in [0, 0.1) is 6.92 Å². The van der Waals surface area contributed by atoms with Crippen molar-refractivity contribution in [1.82, 2.24) is 19.7 Å². The van der Waals surface area contributed by atoms with Gasteiger partial charge in [-0.05, 0) is 30.4 Å². The van der Waals surface area contributed by atoms with E-state index in [1.807, 2.05) is 42.6 Å². The van der Waals surface area contributed by atoms with Gasteiger partial charge in [-0.3, -0.25) is 9.36 Å². The van der Waals surface area contributed by atoms with Gasteiger partial charge in [-0.15, -0.1) is 11.3 Å². The minimum atomic E-state index is 0.0368. The minimum Gasteiger partial charge on any atom is -0.338 e. The van der Waals surface area contributed by atoms with Gasteiger partial charge in [-0.2, -0.15) is 4.98 Å². The second-order valence-corrected chi connectivity index (χ2v) is 8.67. The monoisotopic (exact) mass is 426 g/mol. The molecule has 150 valence electrons. The fraction of sp³-hybridized carbons (Fsp3) is 0.333. The number of aromatic nitrogens is 4. The highest BCUT2D eigenvalue weighted by Crippen LogP contribution is 2.26. The molecule has 0 aliphatic rings. The first kappa shape index (κ1) is 19.8. The average molecular weight is 427 g/mol. The van der Waals surface area contributed by atoms with E-state index in [1.165, 1.54) is 23.1 Å². The van der Waals surface area contributed by atoms with E-state index in [0.717, 1.165) is 35.9 Å². The molecule has 1 aromatic carbocycles. The van der Waals surface area contributed by atoms with E-state index in [9.17, 15) is 4.79 Å². The van der Waals surface area contributed by atoms with Gasteiger partial charge in [0.05, 0.1) is 11.3 Å². The number of thiophene rings is 1. The molecule has 3 aromatic heterocycles. The second kappa shape index (κ2) is 8.92. The Hall–Kier alpha value is -2.45. The van der Waals surface area contributed by atoms with Crippen LogP contribution in [0.4, 0.5) is 0 Å². The minimum absolute atomic E-state index is 0.0368. The lowest BCUT2D eigenvalue weighted by molar-refractivity contribution is 0.391. The molecule has 0 unspecified atom stereocenters. The predicted octanol–water partition coefficient (Wildman–Crippen LogP) is 5.30. The molecule has 0 aliphatic carbocycles. The number of thioether (sulfide) groups is 1. The molecule has 0 fully saturated rings. The Morgan fingerprint density at radius 2 is 2.03 bits per heavy atom. The van der Waals surface area contributed by atoms with Crippen molar-refractivity contribution in [3.63, 3.8) is 0 Å². The van der Waals surface area contributed by atoms with Gasteiger partial charge in [0.2, 0.25) is 11.7 Å². The van der Waals surface area contributed by atoms with Crippen LogP contribution in [0.25, 0.3) is 21.6 Å². The highest BCUT2D eigenvalue weighted by Gasteiger charge is 2.15. The van der Waals surface area contributed by atoms with Crippen molar-refractivity contribution in [3.05, 3.63) is 57.5 Å². The lowest BCUT2D eigenvalue weighted by atomic mass is 10.1. The van der Waals surface area contributed by atoms with E-state index in [1.54, 1.807) is 4.57 Å². The molecular formula is C21H22N4O2S2. The molecule has 0 amide bonds. The first-order chi connectivity index (χ1) is 14.2.